The summed E-state index contributed by atoms with van der Waals surface area (Å²) in [5.41, 5.74) is 0.586. The summed E-state index contributed by atoms with van der Waals surface area (Å²) in [5, 5.41) is 2.24. The topological polar surface area (TPSA) is 21.3 Å². The molecule has 0 fully saturated rings. The van der Waals surface area contributed by atoms with Crippen molar-refractivity contribution in [3.8, 4) is 5.75 Å². The van der Waals surface area contributed by atoms with E-state index >= 15 is 0 Å². The molecule has 1 heterocycles. The largest absolute Gasteiger partial charge is 0.493 e. The first-order valence-electron chi connectivity index (χ1n) is 6.71. The molecule has 1 atom stereocenters. The third kappa shape index (κ3) is 3.12. The predicted octanol–water partition coefficient (Wildman–Crippen LogP) is 3.86. The first-order valence-corrected chi connectivity index (χ1v) is 6.71. The molecular formula is C14H16F5NO. The minimum Gasteiger partial charge on any atom is -0.493 e. The highest BCUT2D eigenvalue weighted by Crippen LogP contribution is 2.45. The Morgan fingerprint density at radius 2 is 1.95 bits per heavy atom. The molecule has 0 aromatic heterocycles. The second-order valence-electron chi connectivity index (χ2n) is 4.93. The van der Waals surface area contributed by atoms with E-state index < -0.39 is 18.1 Å². The number of alkyl halides is 5. The van der Waals surface area contributed by atoms with Crippen molar-refractivity contribution >= 4 is 0 Å². The fraction of sp³-hybridized carbons (Fsp3) is 0.571. The van der Waals surface area contributed by atoms with Crippen LogP contribution in [-0.2, 0) is 6.42 Å². The Kier molecular flexibility index (Phi) is 4.41. The van der Waals surface area contributed by atoms with Gasteiger partial charge in [0.05, 0.1) is 6.61 Å². The van der Waals surface area contributed by atoms with Crippen molar-refractivity contribution in [1.82, 2.24) is 5.32 Å². The molecule has 0 saturated carbocycles. The van der Waals surface area contributed by atoms with Gasteiger partial charge in [-0.1, -0.05) is 19.1 Å². The van der Waals surface area contributed by atoms with Crippen molar-refractivity contribution in [3.05, 3.63) is 29.3 Å². The lowest BCUT2D eigenvalue weighted by molar-refractivity contribution is -0.294. The van der Waals surface area contributed by atoms with Crippen LogP contribution < -0.4 is 10.1 Å². The summed E-state index contributed by atoms with van der Waals surface area (Å²) in [5.74, 6) is -4.29. The number of rotatable bonds is 4. The van der Waals surface area contributed by atoms with Gasteiger partial charge in [0.1, 0.15) is 11.8 Å². The summed E-state index contributed by atoms with van der Waals surface area (Å²) in [6.07, 6.45) is -4.27. The van der Waals surface area contributed by atoms with Crippen LogP contribution in [0.25, 0.3) is 0 Å². The fourth-order valence-electron chi connectivity index (χ4n) is 2.38. The average molecular weight is 309 g/mol. The minimum absolute atomic E-state index is 0.00389. The Morgan fingerprint density at radius 3 is 2.57 bits per heavy atom. The van der Waals surface area contributed by atoms with Crippen LogP contribution in [0, 0.1) is 0 Å². The van der Waals surface area contributed by atoms with E-state index in [9.17, 15) is 22.0 Å². The van der Waals surface area contributed by atoms with Gasteiger partial charge in [-0.05, 0) is 36.6 Å². The highest BCUT2D eigenvalue weighted by atomic mass is 19.4. The van der Waals surface area contributed by atoms with Crippen LogP contribution in [0.5, 0.6) is 5.75 Å². The van der Waals surface area contributed by atoms with Crippen molar-refractivity contribution < 1.29 is 26.7 Å². The number of halogens is 5. The van der Waals surface area contributed by atoms with E-state index in [1.165, 1.54) is 25.1 Å². The molecule has 21 heavy (non-hydrogen) atoms. The van der Waals surface area contributed by atoms with Gasteiger partial charge in [-0.2, -0.15) is 22.0 Å². The van der Waals surface area contributed by atoms with Gasteiger partial charge in [-0.3, -0.25) is 0 Å². The molecular weight excluding hydrogens is 293 g/mol. The summed E-state index contributed by atoms with van der Waals surface area (Å²) >= 11 is 0. The lowest BCUT2D eigenvalue weighted by atomic mass is 9.95. The average Bonchev–Trinajstić information content (AvgIpc) is 2.43. The molecule has 0 amide bonds. The van der Waals surface area contributed by atoms with E-state index in [0.717, 1.165) is 6.42 Å². The van der Waals surface area contributed by atoms with Crippen molar-refractivity contribution in [2.45, 2.75) is 37.9 Å². The van der Waals surface area contributed by atoms with E-state index in [2.05, 4.69) is 5.32 Å². The first-order chi connectivity index (χ1) is 9.77. The highest BCUT2D eigenvalue weighted by Gasteiger charge is 2.62. The van der Waals surface area contributed by atoms with E-state index in [4.69, 9.17) is 4.74 Å². The van der Waals surface area contributed by atoms with Crippen LogP contribution in [-0.4, -0.2) is 25.3 Å². The molecule has 0 aliphatic carbocycles. The Balaban J connectivity index is 2.39. The van der Waals surface area contributed by atoms with Crippen LogP contribution in [0.3, 0.4) is 0 Å². The van der Waals surface area contributed by atoms with Crippen molar-refractivity contribution in [3.63, 3.8) is 0 Å². The van der Waals surface area contributed by atoms with Gasteiger partial charge < -0.3 is 10.1 Å². The molecule has 1 aromatic rings. The Bertz CT molecular complexity index is 501. The fourth-order valence-corrected chi connectivity index (χ4v) is 2.38. The standard InChI is InChI=1S/C14H16F5NO/c1-2-20-12(13(15,16)14(17,18)19)10-5-6-11-9(8-10)4-3-7-21-11/h5-6,8,12,20H,2-4,7H2,1H3. The van der Waals surface area contributed by atoms with Crippen LogP contribution in [0.2, 0.25) is 0 Å². The molecule has 1 aliphatic heterocycles. The molecule has 1 aromatic carbocycles. The number of hydrogen-bond acceptors (Lipinski definition) is 2. The Hall–Kier alpha value is -1.37. The maximum absolute atomic E-state index is 13.7. The Morgan fingerprint density at radius 1 is 1.24 bits per heavy atom. The molecule has 0 radical (unpaired) electrons. The Labute approximate surface area is 119 Å². The molecule has 1 unspecified atom stereocenters. The molecule has 0 spiro atoms. The van der Waals surface area contributed by atoms with Crippen LogP contribution in [0.15, 0.2) is 18.2 Å². The third-order valence-corrected chi connectivity index (χ3v) is 3.41. The zero-order chi connectivity index (χ0) is 15.7. The quantitative estimate of drug-likeness (QED) is 0.853. The maximum Gasteiger partial charge on any atom is 0.455 e. The summed E-state index contributed by atoms with van der Waals surface area (Å²) in [4.78, 5) is 0. The maximum atomic E-state index is 13.7. The monoisotopic (exact) mass is 309 g/mol. The number of aryl methyl sites for hydroxylation is 1. The lowest BCUT2D eigenvalue weighted by Gasteiger charge is -2.30. The lowest BCUT2D eigenvalue weighted by Crippen LogP contribution is -2.48. The number of fused-ring (bicyclic) bond motifs is 1. The van der Waals surface area contributed by atoms with E-state index in [-0.39, 0.29) is 12.1 Å². The van der Waals surface area contributed by atoms with Gasteiger partial charge in [-0.25, -0.2) is 0 Å². The zero-order valence-electron chi connectivity index (χ0n) is 11.4. The van der Waals surface area contributed by atoms with E-state index in [1.54, 1.807) is 0 Å². The van der Waals surface area contributed by atoms with Gasteiger partial charge in [0, 0.05) is 0 Å². The molecule has 0 saturated heterocycles. The van der Waals surface area contributed by atoms with Gasteiger partial charge in [0.25, 0.3) is 0 Å². The predicted molar refractivity (Wildman–Crippen MR) is 67.7 cm³/mol. The molecule has 1 N–H and O–H groups in total. The van der Waals surface area contributed by atoms with Gasteiger partial charge in [0.15, 0.2) is 0 Å². The van der Waals surface area contributed by atoms with Gasteiger partial charge in [0.2, 0.25) is 0 Å². The number of nitrogens with one attached hydrogen (secondary N) is 1. The summed E-state index contributed by atoms with van der Waals surface area (Å²) in [7, 11) is 0. The van der Waals surface area contributed by atoms with E-state index in [1.807, 2.05) is 0 Å². The first kappa shape index (κ1) is 16.0. The second kappa shape index (κ2) is 5.79. The van der Waals surface area contributed by atoms with Crippen LogP contribution >= 0.6 is 0 Å². The number of hydrogen-bond donors (Lipinski definition) is 1. The smallest absolute Gasteiger partial charge is 0.455 e. The molecule has 0 bridgehead atoms. The van der Waals surface area contributed by atoms with Crippen molar-refractivity contribution in [2.75, 3.05) is 13.2 Å². The third-order valence-electron chi connectivity index (χ3n) is 3.41. The molecule has 118 valence electrons. The van der Waals surface area contributed by atoms with Crippen LogP contribution in [0.4, 0.5) is 22.0 Å². The number of benzene rings is 1. The van der Waals surface area contributed by atoms with Crippen molar-refractivity contribution in [2.24, 2.45) is 0 Å². The SMILES string of the molecule is CCNC(c1ccc2c(c1)CCCO2)C(F)(F)C(F)(F)F. The molecule has 7 heteroatoms. The van der Waals surface area contributed by atoms with Gasteiger partial charge in [-0.15, -0.1) is 0 Å². The molecule has 1 aliphatic rings. The van der Waals surface area contributed by atoms with E-state index in [0.29, 0.717) is 24.3 Å². The molecule has 2 rings (SSSR count). The van der Waals surface area contributed by atoms with Crippen molar-refractivity contribution in [1.29, 1.82) is 0 Å². The number of ether oxygens (including phenoxy) is 1. The second-order valence-corrected chi connectivity index (χ2v) is 4.93. The van der Waals surface area contributed by atoms with Crippen LogP contribution in [0.1, 0.15) is 30.5 Å². The minimum atomic E-state index is -5.60. The summed E-state index contributed by atoms with van der Waals surface area (Å²) < 4.78 is 70.6. The highest BCUT2D eigenvalue weighted by molar-refractivity contribution is 5.40. The zero-order valence-corrected chi connectivity index (χ0v) is 11.4. The van der Waals surface area contributed by atoms with Gasteiger partial charge >= 0.3 is 12.1 Å². The summed E-state index contributed by atoms with van der Waals surface area (Å²) in [6, 6.07) is 1.99. The summed E-state index contributed by atoms with van der Waals surface area (Å²) in [6.45, 7) is 2.02. The normalized spacial score (nSPS) is 17.0. The molecule has 2 nitrogen and oxygen atoms in total.